The molecule has 0 amide bonds. The first kappa shape index (κ1) is 27.7. The Morgan fingerprint density at radius 3 is 1.85 bits per heavy atom. The average molecular weight is 619 g/mol. The van der Waals surface area contributed by atoms with E-state index >= 15 is 0 Å². The van der Waals surface area contributed by atoms with Crippen molar-refractivity contribution in [3.05, 3.63) is 181 Å². The lowest BCUT2D eigenvalue weighted by atomic mass is 9.96. The van der Waals surface area contributed by atoms with Crippen LogP contribution in [0.15, 0.2) is 180 Å². The molecule has 2 nitrogen and oxygen atoms in total. The monoisotopic (exact) mass is 618 g/mol. The highest BCUT2D eigenvalue weighted by atomic mass is 32.2. The SMILES string of the molecule is c1ccc(Cc2cc(-n3c4c(c5cccc(-c6ccccc6)c53)-c3ccccc3Sc3ccccc3-4)cc(-c3ccccc3)n2)cc1. The van der Waals surface area contributed by atoms with Crippen LogP contribution < -0.4 is 0 Å². The summed E-state index contributed by atoms with van der Waals surface area (Å²) in [7, 11) is 0. The fourth-order valence-electron chi connectivity index (χ4n) is 6.96. The zero-order valence-corrected chi connectivity index (χ0v) is 26.5. The van der Waals surface area contributed by atoms with Crippen molar-refractivity contribution in [2.24, 2.45) is 0 Å². The molecule has 0 fully saturated rings. The van der Waals surface area contributed by atoms with E-state index in [2.05, 4.69) is 174 Å². The van der Waals surface area contributed by atoms with Crippen LogP contribution >= 0.6 is 11.8 Å². The molecule has 9 rings (SSSR count). The van der Waals surface area contributed by atoms with Crippen LogP contribution in [0, 0.1) is 0 Å². The summed E-state index contributed by atoms with van der Waals surface area (Å²) in [5.74, 6) is 0. The van der Waals surface area contributed by atoms with Crippen molar-refractivity contribution in [3.63, 3.8) is 0 Å². The van der Waals surface area contributed by atoms with Crippen molar-refractivity contribution in [1.29, 1.82) is 0 Å². The Bertz CT molecular complexity index is 2390. The molecule has 0 unspecified atom stereocenters. The second-order valence-corrected chi connectivity index (χ2v) is 13.0. The fraction of sp³-hybridized carbons (Fsp3) is 0.0227. The summed E-state index contributed by atoms with van der Waals surface area (Å²) in [6.07, 6.45) is 0.747. The number of pyridine rings is 1. The number of hydrogen-bond acceptors (Lipinski definition) is 2. The van der Waals surface area contributed by atoms with Gasteiger partial charge in [0.15, 0.2) is 0 Å². The molecule has 0 atom stereocenters. The van der Waals surface area contributed by atoms with E-state index in [-0.39, 0.29) is 0 Å². The fourth-order valence-corrected chi connectivity index (χ4v) is 8.04. The zero-order valence-electron chi connectivity index (χ0n) is 25.7. The zero-order chi connectivity index (χ0) is 31.2. The summed E-state index contributed by atoms with van der Waals surface area (Å²) in [6, 6.07) is 61.1. The quantitative estimate of drug-likeness (QED) is 0.191. The van der Waals surface area contributed by atoms with Gasteiger partial charge in [0.1, 0.15) is 0 Å². The van der Waals surface area contributed by atoms with Gasteiger partial charge in [0, 0.05) is 49.5 Å². The smallest absolute Gasteiger partial charge is 0.0726 e. The summed E-state index contributed by atoms with van der Waals surface area (Å²) in [5.41, 5.74) is 14.1. The lowest BCUT2D eigenvalue weighted by molar-refractivity contribution is 1.04. The molecule has 222 valence electrons. The van der Waals surface area contributed by atoms with Gasteiger partial charge in [-0.15, -0.1) is 0 Å². The van der Waals surface area contributed by atoms with Crippen LogP contribution in [0.5, 0.6) is 0 Å². The highest BCUT2D eigenvalue weighted by Gasteiger charge is 2.29. The maximum absolute atomic E-state index is 5.26. The minimum absolute atomic E-state index is 0.747. The highest BCUT2D eigenvalue weighted by Crippen LogP contribution is 2.53. The molecule has 0 spiro atoms. The van der Waals surface area contributed by atoms with Crippen molar-refractivity contribution in [2.45, 2.75) is 16.2 Å². The molecular weight excluding hydrogens is 589 g/mol. The second-order valence-electron chi connectivity index (χ2n) is 12.0. The van der Waals surface area contributed by atoms with Gasteiger partial charge >= 0.3 is 0 Å². The third-order valence-electron chi connectivity index (χ3n) is 9.01. The molecule has 1 aliphatic heterocycles. The minimum atomic E-state index is 0.747. The largest absolute Gasteiger partial charge is 0.308 e. The van der Waals surface area contributed by atoms with Crippen LogP contribution in [-0.2, 0) is 6.42 Å². The van der Waals surface area contributed by atoms with E-state index in [0.717, 1.165) is 29.1 Å². The molecule has 0 N–H and O–H groups in total. The number of hydrogen-bond donors (Lipinski definition) is 0. The summed E-state index contributed by atoms with van der Waals surface area (Å²) >= 11 is 1.86. The van der Waals surface area contributed by atoms with Crippen molar-refractivity contribution in [3.8, 4) is 50.5 Å². The highest BCUT2D eigenvalue weighted by molar-refractivity contribution is 7.99. The Hall–Kier alpha value is -5.64. The summed E-state index contributed by atoms with van der Waals surface area (Å²) in [5, 5.41) is 1.24. The van der Waals surface area contributed by atoms with Crippen LogP contribution in [0.1, 0.15) is 11.3 Å². The van der Waals surface area contributed by atoms with Crippen LogP contribution in [-0.4, -0.2) is 9.55 Å². The average Bonchev–Trinajstić information content (AvgIpc) is 3.40. The number of nitrogens with zero attached hydrogens (tertiary/aromatic N) is 2. The first-order valence-corrected chi connectivity index (χ1v) is 16.8. The number of para-hydroxylation sites is 1. The van der Waals surface area contributed by atoms with Gasteiger partial charge in [-0.05, 0) is 41.0 Å². The van der Waals surface area contributed by atoms with Gasteiger partial charge in [-0.2, -0.15) is 0 Å². The number of aromatic nitrogens is 2. The maximum Gasteiger partial charge on any atom is 0.0726 e. The van der Waals surface area contributed by atoms with Gasteiger partial charge in [-0.3, -0.25) is 4.98 Å². The summed E-state index contributed by atoms with van der Waals surface area (Å²) in [6.45, 7) is 0. The lowest BCUT2D eigenvalue weighted by Gasteiger charge is -2.18. The van der Waals surface area contributed by atoms with Gasteiger partial charge < -0.3 is 4.57 Å². The molecule has 2 aromatic heterocycles. The Balaban J connectivity index is 1.43. The predicted octanol–water partition coefficient (Wildman–Crippen LogP) is 11.7. The summed E-state index contributed by atoms with van der Waals surface area (Å²) in [4.78, 5) is 7.79. The Labute approximate surface area is 279 Å². The number of rotatable bonds is 5. The van der Waals surface area contributed by atoms with Crippen LogP contribution in [0.25, 0.3) is 61.4 Å². The van der Waals surface area contributed by atoms with Crippen molar-refractivity contribution in [2.75, 3.05) is 0 Å². The summed E-state index contributed by atoms with van der Waals surface area (Å²) < 4.78 is 2.52. The van der Waals surface area contributed by atoms with Crippen LogP contribution in [0.4, 0.5) is 0 Å². The predicted molar refractivity (Wildman–Crippen MR) is 196 cm³/mol. The van der Waals surface area contributed by atoms with Gasteiger partial charge in [-0.25, -0.2) is 0 Å². The lowest BCUT2D eigenvalue weighted by Crippen LogP contribution is -2.03. The van der Waals surface area contributed by atoms with E-state index in [4.69, 9.17) is 4.98 Å². The number of benzene rings is 6. The second kappa shape index (κ2) is 11.6. The van der Waals surface area contributed by atoms with E-state index < -0.39 is 0 Å². The van der Waals surface area contributed by atoms with Gasteiger partial charge in [0.2, 0.25) is 0 Å². The van der Waals surface area contributed by atoms with Crippen molar-refractivity contribution < 1.29 is 0 Å². The van der Waals surface area contributed by atoms with Gasteiger partial charge in [0.05, 0.1) is 22.6 Å². The molecule has 1 aliphatic rings. The first-order valence-electron chi connectivity index (χ1n) is 16.0. The standard InChI is InChI=1S/C44H30N2S/c1-4-15-30(16-5-1)27-33-28-34(29-39(45-33)32-19-8-3-9-20-32)46-43-35(31-17-6-2-7-18-31)23-14-24-38(43)42-36-21-10-12-25-40(36)47-41-26-13-11-22-37(41)44(42)46/h1-26,28-29H,27H2. The van der Waals surface area contributed by atoms with Crippen LogP contribution in [0.3, 0.4) is 0 Å². The van der Waals surface area contributed by atoms with Crippen molar-refractivity contribution in [1.82, 2.24) is 9.55 Å². The Morgan fingerprint density at radius 1 is 0.511 bits per heavy atom. The van der Waals surface area contributed by atoms with E-state index in [9.17, 15) is 0 Å². The number of fused-ring (bicyclic) bond motifs is 7. The first-order chi connectivity index (χ1) is 23.3. The van der Waals surface area contributed by atoms with Gasteiger partial charge in [-0.1, -0.05) is 157 Å². The molecular formula is C44H30N2S. The molecule has 47 heavy (non-hydrogen) atoms. The molecule has 0 aliphatic carbocycles. The third kappa shape index (κ3) is 4.88. The Morgan fingerprint density at radius 2 is 1.11 bits per heavy atom. The molecule has 0 saturated heterocycles. The molecule has 6 aromatic carbocycles. The maximum atomic E-state index is 5.26. The molecule has 0 radical (unpaired) electrons. The normalized spacial score (nSPS) is 11.8. The third-order valence-corrected chi connectivity index (χ3v) is 10.2. The van der Waals surface area contributed by atoms with E-state index in [1.807, 2.05) is 11.8 Å². The minimum Gasteiger partial charge on any atom is -0.308 e. The topological polar surface area (TPSA) is 17.8 Å². The van der Waals surface area contributed by atoms with Gasteiger partial charge in [0.25, 0.3) is 0 Å². The molecule has 0 bridgehead atoms. The molecule has 3 heteroatoms. The van der Waals surface area contributed by atoms with E-state index in [0.29, 0.717) is 0 Å². The Kier molecular flexibility index (Phi) is 6.84. The van der Waals surface area contributed by atoms with E-state index in [1.54, 1.807) is 0 Å². The molecule has 8 aromatic rings. The molecule has 3 heterocycles. The van der Waals surface area contributed by atoms with Crippen molar-refractivity contribution >= 4 is 22.7 Å². The van der Waals surface area contributed by atoms with Crippen LogP contribution in [0.2, 0.25) is 0 Å². The molecule has 0 saturated carbocycles. The van der Waals surface area contributed by atoms with E-state index in [1.165, 1.54) is 59.8 Å².